The van der Waals surface area contributed by atoms with Crippen molar-refractivity contribution in [3.8, 4) is 0 Å². The average Bonchev–Trinajstić information content (AvgIpc) is 3.02. The molecule has 5 nitrogen and oxygen atoms in total. The van der Waals surface area contributed by atoms with Gasteiger partial charge >= 0.3 is 0 Å². The number of amides is 1. The van der Waals surface area contributed by atoms with Gasteiger partial charge in [-0.1, -0.05) is 33.8 Å². The number of nitrogens with zero attached hydrogens (tertiary/aromatic N) is 1. The molecule has 1 aromatic heterocycles. The van der Waals surface area contributed by atoms with Crippen LogP contribution in [0.5, 0.6) is 0 Å². The summed E-state index contributed by atoms with van der Waals surface area (Å²) < 4.78 is 0. The van der Waals surface area contributed by atoms with Crippen LogP contribution >= 0.6 is 0 Å². The normalized spacial score (nSPS) is 15.3. The SMILES string of the molecule is C=CC(C[C@H](O)[C@H](CC(C)C)NC(=O)CCc1c[nH]cn1)C(C)C. The summed E-state index contributed by atoms with van der Waals surface area (Å²) in [5.41, 5.74) is 0.873. The molecule has 0 fully saturated rings. The Morgan fingerprint density at radius 2 is 2.08 bits per heavy atom. The summed E-state index contributed by atoms with van der Waals surface area (Å²) in [6, 6.07) is -0.224. The van der Waals surface area contributed by atoms with Crippen LogP contribution in [0.3, 0.4) is 0 Å². The number of hydrogen-bond acceptors (Lipinski definition) is 3. The second-order valence-electron chi connectivity index (χ2n) is 7.31. The largest absolute Gasteiger partial charge is 0.391 e. The van der Waals surface area contributed by atoms with Gasteiger partial charge in [-0.2, -0.15) is 0 Å². The molecule has 0 aliphatic heterocycles. The zero-order chi connectivity index (χ0) is 18.1. The number of aryl methyl sites for hydroxylation is 1. The Bertz CT molecular complexity index is 483. The Hall–Kier alpha value is -1.62. The van der Waals surface area contributed by atoms with Gasteiger partial charge in [0.25, 0.3) is 0 Å². The van der Waals surface area contributed by atoms with Crippen molar-refractivity contribution in [1.29, 1.82) is 0 Å². The maximum absolute atomic E-state index is 12.2. The molecule has 136 valence electrons. The predicted octanol–water partition coefficient (Wildman–Crippen LogP) is 3.08. The van der Waals surface area contributed by atoms with E-state index in [2.05, 4.69) is 49.6 Å². The second kappa shape index (κ2) is 10.3. The maximum atomic E-state index is 12.2. The predicted molar refractivity (Wildman–Crippen MR) is 97.4 cm³/mol. The van der Waals surface area contributed by atoms with E-state index in [1.54, 1.807) is 12.5 Å². The van der Waals surface area contributed by atoms with E-state index in [9.17, 15) is 9.90 Å². The van der Waals surface area contributed by atoms with Crippen LogP contribution in [0.4, 0.5) is 0 Å². The van der Waals surface area contributed by atoms with Gasteiger partial charge in [0.15, 0.2) is 0 Å². The second-order valence-corrected chi connectivity index (χ2v) is 7.31. The topological polar surface area (TPSA) is 78.0 Å². The van der Waals surface area contributed by atoms with Gasteiger partial charge in [-0.25, -0.2) is 4.98 Å². The molecule has 3 N–H and O–H groups in total. The molecule has 3 atom stereocenters. The molecule has 0 aliphatic carbocycles. The van der Waals surface area contributed by atoms with Crippen LogP contribution in [-0.4, -0.2) is 33.1 Å². The zero-order valence-corrected chi connectivity index (χ0v) is 15.5. The lowest BCUT2D eigenvalue weighted by atomic mass is 9.86. The number of rotatable bonds is 11. The number of imidazole rings is 1. The Labute approximate surface area is 146 Å². The van der Waals surface area contributed by atoms with Gasteiger partial charge in [0, 0.05) is 12.6 Å². The first-order valence-electron chi connectivity index (χ1n) is 8.91. The highest BCUT2D eigenvalue weighted by molar-refractivity contribution is 5.76. The quantitative estimate of drug-likeness (QED) is 0.544. The van der Waals surface area contributed by atoms with Crippen LogP contribution in [0.25, 0.3) is 0 Å². The number of H-pyrrole nitrogens is 1. The van der Waals surface area contributed by atoms with E-state index in [0.29, 0.717) is 31.1 Å². The molecule has 0 radical (unpaired) electrons. The van der Waals surface area contributed by atoms with Gasteiger partial charge < -0.3 is 15.4 Å². The minimum Gasteiger partial charge on any atom is -0.391 e. The van der Waals surface area contributed by atoms with E-state index in [4.69, 9.17) is 0 Å². The molecule has 0 spiro atoms. The summed E-state index contributed by atoms with van der Waals surface area (Å²) in [7, 11) is 0. The molecule has 0 bridgehead atoms. The first-order chi connectivity index (χ1) is 11.3. The molecule has 0 aromatic carbocycles. The highest BCUT2D eigenvalue weighted by atomic mass is 16.3. The first kappa shape index (κ1) is 20.4. The number of hydrogen-bond donors (Lipinski definition) is 3. The van der Waals surface area contributed by atoms with Crippen LogP contribution < -0.4 is 5.32 Å². The van der Waals surface area contributed by atoms with Gasteiger partial charge in [0.1, 0.15) is 0 Å². The highest BCUT2D eigenvalue weighted by Crippen LogP contribution is 2.21. The van der Waals surface area contributed by atoms with Gasteiger partial charge in [-0.05, 0) is 37.0 Å². The van der Waals surface area contributed by atoms with Gasteiger partial charge in [-0.3, -0.25) is 4.79 Å². The number of aliphatic hydroxyl groups excluding tert-OH is 1. The molecule has 24 heavy (non-hydrogen) atoms. The summed E-state index contributed by atoms with van der Waals surface area (Å²) in [6.45, 7) is 12.3. The molecular weight excluding hydrogens is 302 g/mol. The Balaban J connectivity index is 2.59. The lowest BCUT2D eigenvalue weighted by Gasteiger charge is -2.29. The molecule has 1 rings (SSSR count). The van der Waals surface area contributed by atoms with Gasteiger partial charge in [0.2, 0.25) is 5.91 Å². The lowest BCUT2D eigenvalue weighted by Crippen LogP contribution is -2.45. The number of carbonyl (C=O) groups excluding carboxylic acids is 1. The monoisotopic (exact) mass is 335 g/mol. The van der Waals surface area contributed by atoms with Crippen LogP contribution in [0, 0.1) is 17.8 Å². The Morgan fingerprint density at radius 3 is 2.58 bits per heavy atom. The third kappa shape index (κ3) is 7.30. The van der Waals surface area contributed by atoms with Crippen molar-refractivity contribution in [1.82, 2.24) is 15.3 Å². The van der Waals surface area contributed by atoms with Crippen LogP contribution in [0.2, 0.25) is 0 Å². The van der Waals surface area contributed by atoms with Crippen molar-refractivity contribution in [3.63, 3.8) is 0 Å². The zero-order valence-electron chi connectivity index (χ0n) is 15.5. The Morgan fingerprint density at radius 1 is 1.38 bits per heavy atom. The van der Waals surface area contributed by atoms with Crippen LogP contribution in [0.1, 0.15) is 52.7 Å². The Kier molecular flexibility index (Phi) is 8.76. The van der Waals surface area contributed by atoms with Crippen LogP contribution in [0.15, 0.2) is 25.2 Å². The van der Waals surface area contributed by atoms with E-state index in [0.717, 1.165) is 12.1 Å². The molecule has 5 heteroatoms. The van der Waals surface area contributed by atoms with Crippen molar-refractivity contribution >= 4 is 5.91 Å². The molecule has 1 aromatic rings. The molecule has 0 saturated heterocycles. The summed E-state index contributed by atoms with van der Waals surface area (Å²) in [5, 5.41) is 13.6. The van der Waals surface area contributed by atoms with Crippen LogP contribution in [-0.2, 0) is 11.2 Å². The number of aliphatic hydroxyl groups is 1. The maximum Gasteiger partial charge on any atom is 0.220 e. The minimum atomic E-state index is -0.563. The van der Waals surface area contributed by atoms with E-state index in [-0.39, 0.29) is 17.9 Å². The smallest absolute Gasteiger partial charge is 0.220 e. The molecule has 0 aliphatic rings. The van der Waals surface area contributed by atoms with E-state index >= 15 is 0 Å². The summed E-state index contributed by atoms with van der Waals surface area (Å²) in [5.74, 6) is 1.03. The number of aromatic nitrogens is 2. The number of carbonyl (C=O) groups is 1. The average molecular weight is 335 g/mol. The fourth-order valence-electron chi connectivity index (χ4n) is 2.85. The summed E-state index contributed by atoms with van der Waals surface area (Å²) in [4.78, 5) is 19.3. The fraction of sp³-hybridized carbons (Fsp3) is 0.684. The summed E-state index contributed by atoms with van der Waals surface area (Å²) >= 11 is 0. The van der Waals surface area contributed by atoms with Crippen molar-refractivity contribution in [2.75, 3.05) is 0 Å². The van der Waals surface area contributed by atoms with Gasteiger partial charge in [0.05, 0.1) is 24.2 Å². The van der Waals surface area contributed by atoms with Gasteiger partial charge in [-0.15, -0.1) is 6.58 Å². The first-order valence-corrected chi connectivity index (χ1v) is 8.91. The molecular formula is C19H33N3O2. The lowest BCUT2D eigenvalue weighted by molar-refractivity contribution is -0.122. The van der Waals surface area contributed by atoms with E-state index in [1.165, 1.54) is 0 Å². The minimum absolute atomic E-state index is 0.0394. The highest BCUT2D eigenvalue weighted by Gasteiger charge is 2.25. The standard InChI is InChI=1S/C19H33N3O2/c1-6-15(14(4)5)10-18(23)17(9-13(2)3)22-19(24)8-7-16-11-20-12-21-16/h6,11-15,17-18,23H,1,7-10H2,2-5H3,(H,20,21)(H,22,24)/t15?,17-,18-/m0/s1. The van der Waals surface area contributed by atoms with E-state index in [1.807, 2.05) is 6.08 Å². The fourth-order valence-corrected chi connectivity index (χ4v) is 2.85. The van der Waals surface area contributed by atoms with E-state index < -0.39 is 6.10 Å². The van der Waals surface area contributed by atoms with Crippen molar-refractivity contribution in [2.24, 2.45) is 17.8 Å². The molecule has 0 saturated carbocycles. The number of aromatic amines is 1. The van der Waals surface area contributed by atoms with Crippen molar-refractivity contribution in [2.45, 2.75) is 65.5 Å². The summed E-state index contributed by atoms with van der Waals surface area (Å²) in [6.07, 6.45) is 7.11. The third-order valence-electron chi connectivity index (χ3n) is 4.37. The molecule has 1 amide bonds. The number of allylic oxidation sites excluding steroid dienone is 1. The molecule has 1 heterocycles. The van der Waals surface area contributed by atoms with Crippen molar-refractivity contribution in [3.05, 3.63) is 30.9 Å². The molecule has 1 unspecified atom stereocenters. The van der Waals surface area contributed by atoms with Crippen molar-refractivity contribution < 1.29 is 9.90 Å². The third-order valence-corrected chi connectivity index (χ3v) is 4.37. The number of nitrogens with one attached hydrogen (secondary N) is 2.